The topological polar surface area (TPSA) is 141 Å². The van der Waals surface area contributed by atoms with Crippen molar-refractivity contribution in [2.75, 3.05) is 49.2 Å². The highest BCUT2D eigenvalue weighted by Gasteiger charge is 2.49. The van der Waals surface area contributed by atoms with E-state index in [9.17, 15) is 17.6 Å². The van der Waals surface area contributed by atoms with E-state index in [2.05, 4.69) is 29.8 Å². The third-order valence-electron chi connectivity index (χ3n) is 9.06. The number of anilines is 3. The summed E-state index contributed by atoms with van der Waals surface area (Å²) in [6.07, 6.45) is -1.95. The summed E-state index contributed by atoms with van der Waals surface area (Å²) < 4.78 is 85.3. The second kappa shape index (κ2) is 11.0. The smallest absolute Gasteiger partial charge is 0.418 e. The minimum absolute atomic E-state index is 0.0187. The molecular weight excluding hydrogens is 613 g/mol. The van der Waals surface area contributed by atoms with Crippen LogP contribution in [0.1, 0.15) is 43.4 Å². The highest BCUT2D eigenvalue weighted by Crippen LogP contribution is 2.45. The Morgan fingerprint density at radius 2 is 2.00 bits per heavy atom. The molecule has 0 saturated carbocycles. The third kappa shape index (κ3) is 5.04. The van der Waals surface area contributed by atoms with Crippen LogP contribution in [0.5, 0.6) is 11.9 Å². The molecule has 0 amide bonds. The number of nitrogens with two attached hydrogens (primary N) is 2. The van der Waals surface area contributed by atoms with E-state index in [0.717, 1.165) is 19.0 Å². The van der Waals surface area contributed by atoms with Crippen molar-refractivity contribution in [2.45, 2.75) is 50.1 Å². The zero-order valence-electron chi connectivity index (χ0n) is 24.7. The predicted octanol–water partition coefficient (Wildman–Crippen LogP) is 4.72. The van der Waals surface area contributed by atoms with Crippen LogP contribution in [0, 0.1) is 5.82 Å². The van der Waals surface area contributed by atoms with Gasteiger partial charge in [-0.05, 0) is 38.4 Å². The van der Waals surface area contributed by atoms with Gasteiger partial charge in [0.05, 0.1) is 23.7 Å². The number of nitrogen functional groups attached to an aromatic ring is 2. The Bertz CT molecular complexity index is 1830. The maximum absolute atomic E-state index is 16.6. The Labute approximate surface area is 259 Å². The van der Waals surface area contributed by atoms with Gasteiger partial charge in [-0.3, -0.25) is 4.90 Å². The predicted molar refractivity (Wildman–Crippen MR) is 158 cm³/mol. The maximum Gasteiger partial charge on any atom is 0.418 e. The van der Waals surface area contributed by atoms with Crippen LogP contribution in [0.25, 0.3) is 22.2 Å². The van der Waals surface area contributed by atoms with Crippen molar-refractivity contribution in [3.05, 3.63) is 47.5 Å². The molecule has 16 heteroatoms. The maximum atomic E-state index is 16.6. The molecule has 2 fully saturated rings. The van der Waals surface area contributed by atoms with E-state index in [-0.39, 0.29) is 66.4 Å². The van der Waals surface area contributed by atoms with Gasteiger partial charge in [0.15, 0.2) is 5.82 Å². The number of fused-ring (bicyclic) bond motifs is 1. The molecule has 3 atom stereocenters. The van der Waals surface area contributed by atoms with Gasteiger partial charge in [0.2, 0.25) is 5.88 Å². The van der Waals surface area contributed by atoms with Crippen LogP contribution in [0.2, 0.25) is 0 Å². The summed E-state index contributed by atoms with van der Waals surface area (Å²) in [6.45, 7) is 3.16. The van der Waals surface area contributed by atoms with Crippen LogP contribution >= 0.6 is 0 Å². The highest BCUT2D eigenvalue weighted by atomic mass is 19.4. The minimum Gasteiger partial charge on any atom is -0.475 e. The fourth-order valence-corrected chi connectivity index (χ4v) is 6.87. The molecule has 3 aliphatic rings. The van der Waals surface area contributed by atoms with Crippen molar-refractivity contribution in [1.82, 2.24) is 29.8 Å². The Morgan fingerprint density at radius 1 is 1.17 bits per heavy atom. The van der Waals surface area contributed by atoms with E-state index >= 15 is 4.39 Å². The first-order valence-electron chi connectivity index (χ1n) is 14.8. The fourth-order valence-electron chi connectivity index (χ4n) is 6.87. The molecule has 4 aromatic rings. The SMILES string of the molecule is C[C@H](c1cccnc1N)N1CCOc2nc(-c3cc(N)ncc3C(F)(F)F)c(F)c3nc(OC[C@@]45CCCN4C[C@H](F)C5)nc1c23. The van der Waals surface area contributed by atoms with Gasteiger partial charge >= 0.3 is 12.2 Å². The average molecular weight is 644 g/mol. The standard InChI is InChI=1S/C30H30F5N9O2/c1-15(17-4-2-6-38-25(17)37)44-8-9-45-27-21-24(22(32)23(40-27)18-10-20(36)39-12-19(18)30(33,34)35)41-28(42-26(21)44)46-14-29-5-3-7-43(29)13-16(31)11-29/h2,4,6,10,12,15-16H,3,5,7-9,11,13-14H2,1H3,(H2,36,39)(H2,37,38)/t15-,16-,29+/m1/s1. The van der Waals surface area contributed by atoms with E-state index in [1.807, 2.05) is 6.92 Å². The van der Waals surface area contributed by atoms with Crippen LogP contribution in [0.15, 0.2) is 30.6 Å². The number of aromatic nitrogens is 5. The second-order valence-electron chi connectivity index (χ2n) is 11.8. The van der Waals surface area contributed by atoms with E-state index in [0.29, 0.717) is 24.7 Å². The number of nitrogens with zero attached hydrogens (tertiary/aromatic N) is 7. The molecule has 4 N–H and O–H groups in total. The summed E-state index contributed by atoms with van der Waals surface area (Å²) in [4.78, 5) is 24.9. The Morgan fingerprint density at radius 3 is 2.78 bits per heavy atom. The van der Waals surface area contributed by atoms with Crippen LogP contribution in [-0.4, -0.2) is 74.4 Å². The monoisotopic (exact) mass is 643 g/mol. The van der Waals surface area contributed by atoms with Crippen LogP contribution in [-0.2, 0) is 6.18 Å². The number of alkyl halides is 4. The number of pyridine rings is 3. The molecule has 11 nitrogen and oxygen atoms in total. The first-order valence-corrected chi connectivity index (χ1v) is 14.8. The fraction of sp³-hybridized carbons (Fsp3) is 0.433. The molecule has 46 heavy (non-hydrogen) atoms. The zero-order valence-corrected chi connectivity index (χ0v) is 24.7. The van der Waals surface area contributed by atoms with Gasteiger partial charge in [-0.15, -0.1) is 0 Å². The van der Waals surface area contributed by atoms with Gasteiger partial charge in [0, 0.05) is 36.5 Å². The lowest BCUT2D eigenvalue weighted by Gasteiger charge is -2.32. The van der Waals surface area contributed by atoms with E-state index < -0.39 is 46.6 Å². The normalized spacial score (nSPS) is 22.0. The third-order valence-corrected chi connectivity index (χ3v) is 9.06. The molecular formula is C30H30F5N9O2. The summed E-state index contributed by atoms with van der Waals surface area (Å²) >= 11 is 0. The van der Waals surface area contributed by atoms with E-state index in [1.54, 1.807) is 23.2 Å². The van der Waals surface area contributed by atoms with Crippen molar-refractivity contribution in [3.8, 4) is 23.1 Å². The molecule has 3 aliphatic heterocycles. The lowest BCUT2D eigenvalue weighted by molar-refractivity contribution is -0.137. The molecule has 7 heterocycles. The molecule has 0 spiro atoms. The van der Waals surface area contributed by atoms with Gasteiger partial charge in [0.1, 0.15) is 53.4 Å². The second-order valence-corrected chi connectivity index (χ2v) is 11.8. The highest BCUT2D eigenvalue weighted by molar-refractivity contribution is 5.97. The Hall–Kier alpha value is -4.60. The van der Waals surface area contributed by atoms with Gasteiger partial charge in [0.25, 0.3) is 0 Å². The molecule has 4 aromatic heterocycles. The molecule has 242 valence electrons. The van der Waals surface area contributed by atoms with Gasteiger partial charge in [-0.2, -0.15) is 23.1 Å². The summed E-state index contributed by atoms with van der Waals surface area (Å²) in [7, 11) is 0. The van der Waals surface area contributed by atoms with Gasteiger partial charge in [-0.25, -0.2) is 23.7 Å². The van der Waals surface area contributed by atoms with Crippen molar-refractivity contribution in [3.63, 3.8) is 0 Å². The first kappa shape index (κ1) is 30.1. The number of rotatable bonds is 6. The first-order chi connectivity index (χ1) is 21.9. The van der Waals surface area contributed by atoms with Crippen molar-refractivity contribution in [1.29, 1.82) is 0 Å². The van der Waals surface area contributed by atoms with Crippen LogP contribution in [0.4, 0.5) is 39.4 Å². The average Bonchev–Trinajstić information content (AvgIpc) is 3.47. The van der Waals surface area contributed by atoms with Crippen LogP contribution in [0.3, 0.4) is 0 Å². The zero-order chi connectivity index (χ0) is 32.4. The molecule has 0 bridgehead atoms. The summed E-state index contributed by atoms with van der Waals surface area (Å²) in [5.74, 6) is -1.13. The molecule has 0 aromatic carbocycles. The Balaban J connectivity index is 1.41. The van der Waals surface area contributed by atoms with Crippen LogP contribution < -0.4 is 25.8 Å². The van der Waals surface area contributed by atoms with E-state index in [1.165, 1.54) is 0 Å². The molecule has 7 rings (SSSR count). The van der Waals surface area contributed by atoms with Crippen molar-refractivity contribution in [2.24, 2.45) is 0 Å². The molecule has 0 radical (unpaired) electrons. The lowest BCUT2D eigenvalue weighted by Crippen LogP contribution is -2.43. The molecule has 2 saturated heterocycles. The lowest BCUT2D eigenvalue weighted by atomic mass is 9.95. The summed E-state index contributed by atoms with van der Waals surface area (Å²) in [5, 5.41) is 0.0429. The number of halogens is 5. The largest absolute Gasteiger partial charge is 0.475 e. The minimum atomic E-state index is -4.89. The van der Waals surface area contributed by atoms with E-state index in [4.69, 9.17) is 20.9 Å². The molecule has 0 unspecified atom stereocenters. The Kier molecular flexibility index (Phi) is 7.21. The van der Waals surface area contributed by atoms with Gasteiger partial charge in [-0.1, -0.05) is 6.07 Å². The van der Waals surface area contributed by atoms with Crippen molar-refractivity contribution >= 4 is 28.4 Å². The number of hydrogen-bond acceptors (Lipinski definition) is 11. The summed E-state index contributed by atoms with van der Waals surface area (Å²) in [6, 6.07) is 3.75. The number of ether oxygens (including phenoxy) is 2. The van der Waals surface area contributed by atoms with Crippen molar-refractivity contribution < 1.29 is 31.4 Å². The summed E-state index contributed by atoms with van der Waals surface area (Å²) in [5.41, 5.74) is 9.14. The number of hydrogen-bond donors (Lipinski definition) is 2. The molecule has 0 aliphatic carbocycles. The quantitative estimate of drug-likeness (QED) is 0.282. The van der Waals surface area contributed by atoms with Gasteiger partial charge < -0.3 is 25.8 Å².